The van der Waals surface area contributed by atoms with Gasteiger partial charge in [0, 0.05) is 24.5 Å². The summed E-state index contributed by atoms with van der Waals surface area (Å²) in [6, 6.07) is 14.4. The summed E-state index contributed by atoms with van der Waals surface area (Å²) in [6.45, 7) is 4.62. The molecule has 1 N–H and O–H groups in total. The summed E-state index contributed by atoms with van der Waals surface area (Å²) in [5, 5.41) is 3.37. The molecule has 1 aromatic carbocycles. The van der Waals surface area contributed by atoms with Gasteiger partial charge in [0.15, 0.2) is 0 Å². The maximum absolute atomic E-state index is 5.40. The molecule has 0 radical (unpaired) electrons. The van der Waals surface area contributed by atoms with Crippen LogP contribution in [-0.4, -0.2) is 21.6 Å². The van der Waals surface area contributed by atoms with Crippen molar-refractivity contribution in [2.75, 3.05) is 11.9 Å². The molecule has 3 rings (SSSR count). The van der Waals surface area contributed by atoms with Crippen molar-refractivity contribution in [1.29, 1.82) is 0 Å². The fourth-order valence-electron chi connectivity index (χ4n) is 2.45. The minimum absolute atomic E-state index is 0.123. The molecule has 0 amide bonds. The molecule has 5 nitrogen and oxygen atoms in total. The van der Waals surface area contributed by atoms with Crippen LogP contribution in [0.3, 0.4) is 0 Å². The number of ether oxygens (including phenoxy) is 1. The van der Waals surface area contributed by atoms with Crippen LogP contribution in [0.4, 0.5) is 5.82 Å². The lowest BCUT2D eigenvalue weighted by atomic mass is 10.0. The topological polar surface area (TPSA) is 59.9 Å². The summed E-state index contributed by atoms with van der Waals surface area (Å²) < 4.78 is 5.40. The molecule has 2 heterocycles. The fourth-order valence-corrected chi connectivity index (χ4v) is 2.45. The van der Waals surface area contributed by atoms with Gasteiger partial charge >= 0.3 is 0 Å². The maximum atomic E-state index is 5.40. The fraction of sp³-hybridized carbons (Fsp3) is 0.211. The molecule has 3 aromatic rings. The van der Waals surface area contributed by atoms with Gasteiger partial charge in [0.2, 0.25) is 5.88 Å². The Labute approximate surface area is 141 Å². The van der Waals surface area contributed by atoms with E-state index in [2.05, 4.69) is 57.5 Å². The smallest absolute Gasteiger partial charge is 0.218 e. The van der Waals surface area contributed by atoms with Gasteiger partial charge in [-0.2, -0.15) is 0 Å². The van der Waals surface area contributed by atoms with Gasteiger partial charge < -0.3 is 10.1 Å². The normalized spacial score (nSPS) is 11.8. The zero-order chi connectivity index (χ0) is 16.8. The van der Waals surface area contributed by atoms with Crippen LogP contribution < -0.4 is 10.1 Å². The van der Waals surface area contributed by atoms with Crippen LogP contribution in [0.5, 0.6) is 5.88 Å². The molecule has 5 heteroatoms. The summed E-state index contributed by atoms with van der Waals surface area (Å²) in [5.41, 5.74) is 3.45. The van der Waals surface area contributed by atoms with Crippen molar-refractivity contribution in [2.45, 2.75) is 19.9 Å². The van der Waals surface area contributed by atoms with Gasteiger partial charge in [-0.05, 0) is 36.6 Å². The molecular weight excluding hydrogens is 300 g/mol. The molecule has 0 saturated heterocycles. The van der Waals surface area contributed by atoms with E-state index in [1.165, 1.54) is 11.9 Å². The Morgan fingerprint density at radius 3 is 2.62 bits per heavy atom. The van der Waals surface area contributed by atoms with Gasteiger partial charge in [0.1, 0.15) is 12.1 Å². The monoisotopic (exact) mass is 320 g/mol. The number of pyridine rings is 1. The molecule has 1 atom stereocenters. The Morgan fingerprint density at radius 1 is 1.08 bits per heavy atom. The average Bonchev–Trinajstić information content (AvgIpc) is 2.63. The molecule has 0 aliphatic rings. The van der Waals surface area contributed by atoms with Crippen LogP contribution in [0.2, 0.25) is 0 Å². The van der Waals surface area contributed by atoms with Crippen LogP contribution in [0, 0.1) is 0 Å². The lowest BCUT2D eigenvalue weighted by Crippen LogP contribution is -2.08. The third-order valence-corrected chi connectivity index (χ3v) is 3.70. The number of nitrogens with one attached hydrogen (secondary N) is 1. The minimum Gasteiger partial charge on any atom is -0.478 e. The van der Waals surface area contributed by atoms with Crippen LogP contribution in [0.1, 0.15) is 25.5 Å². The molecule has 0 aliphatic heterocycles. The quantitative estimate of drug-likeness (QED) is 0.740. The molecule has 0 fully saturated rings. The standard InChI is InChI=1S/C19H20N4O/c1-3-24-19-11-18(21-13-22-19)23-14(2)15-6-8-16(9-7-15)17-5-4-10-20-12-17/h4-14H,3H2,1-2H3,(H,21,22,23). The van der Waals surface area contributed by atoms with Crippen molar-refractivity contribution in [3.8, 4) is 17.0 Å². The second kappa shape index (κ2) is 7.55. The summed E-state index contributed by atoms with van der Waals surface area (Å²) in [6.07, 6.45) is 5.15. The first-order valence-corrected chi connectivity index (χ1v) is 7.98. The minimum atomic E-state index is 0.123. The molecule has 0 saturated carbocycles. The highest BCUT2D eigenvalue weighted by Gasteiger charge is 2.08. The third-order valence-electron chi connectivity index (χ3n) is 3.70. The van der Waals surface area contributed by atoms with Crippen molar-refractivity contribution in [3.63, 3.8) is 0 Å². The van der Waals surface area contributed by atoms with E-state index in [1.54, 1.807) is 6.20 Å². The van der Waals surface area contributed by atoms with Gasteiger partial charge in [-0.15, -0.1) is 0 Å². The lowest BCUT2D eigenvalue weighted by molar-refractivity contribution is 0.326. The van der Waals surface area contributed by atoms with Gasteiger partial charge in [-0.3, -0.25) is 4.98 Å². The Balaban J connectivity index is 1.71. The number of hydrogen-bond donors (Lipinski definition) is 1. The second-order valence-electron chi connectivity index (χ2n) is 5.40. The Morgan fingerprint density at radius 2 is 1.92 bits per heavy atom. The van der Waals surface area contributed by atoms with E-state index in [4.69, 9.17) is 4.74 Å². The molecule has 24 heavy (non-hydrogen) atoms. The van der Waals surface area contributed by atoms with Crippen LogP contribution in [0.25, 0.3) is 11.1 Å². The van der Waals surface area contributed by atoms with Crippen molar-refractivity contribution >= 4 is 5.82 Å². The largest absolute Gasteiger partial charge is 0.478 e. The van der Waals surface area contributed by atoms with E-state index in [1.807, 2.05) is 25.3 Å². The molecule has 1 unspecified atom stereocenters. The van der Waals surface area contributed by atoms with Crippen molar-refractivity contribution in [2.24, 2.45) is 0 Å². The first kappa shape index (κ1) is 15.9. The van der Waals surface area contributed by atoms with Crippen LogP contribution in [-0.2, 0) is 0 Å². The summed E-state index contributed by atoms with van der Waals surface area (Å²) in [5.74, 6) is 1.33. The number of aromatic nitrogens is 3. The molecular formula is C19H20N4O. The highest BCUT2D eigenvalue weighted by Crippen LogP contribution is 2.23. The highest BCUT2D eigenvalue weighted by atomic mass is 16.5. The van der Waals surface area contributed by atoms with Crippen molar-refractivity contribution < 1.29 is 4.74 Å². The number of anilines is 1. The second-order valence-corrected chi connectivity index (χ2v) is 5.40. The van der Waals surface area contributed by atoms with Gasteiger partial charge in [-0.1, -0.05) is 30.3 Å². The van der Waals surface area contributed by atoms with Crippen molar-refractivity contribution in [1.82, 2.24) is 15.0 Å². The molecule has 122 valence electrons. The number of nitrogens with zero attached hydrogens (tertiary/aromatic N) is 3. The Hall–Kier alpha value is -2.95. The Kier molecular flexibility index (Phi) is 5.01. The Bertz CT molecular complexity index is 775. The third kappa shape index (κ3) is 3.87. The summed E-state index contributed by atoms with van der Waals surface area (Å²) in [7, 11) is 0. The van der Waals surface area contributed by atoms with Gasteiger partial charge in [0.25, 0.3) is 0 Å². The lowest BCUT2D eigenvalue weighted by Gasteiger charge is -2.15. The maximum Gasteiger partial charge on any atom is 0.218 e. The predicted molar refractivity (Wildman–Crippen MR) is 94.9 cm³/mol. The van der Waals surface area contributed by atoms with E-state index >= 15 is 0 Å². The number of rotatable bonds is 6. The average molecular weight is 320 g/mol. The SMILES string of the molecule is CCOc1cc(NC(C)c2ccc(-c3cccnc3)cc2)ncn1. The first-order chi connectivity index (χ1) is 11.8. The number of benzene rings is 1. The van der Waals surface area contributed by atoms with Crippen LogP contribution in [0.15, 0.2) is 61.2 Å². The predicted octanol–water partition coefficient (Wildman–Crippen LogP) is 4.11. The highest BCUT2D eigenvalue weighted by molar-refractivity contribution is 5.62. The van der Waals surface area contributed by atoms with Crippen LogP contribution >= 0.6 is 0 Å². The van der Waals surface area contributed by atoms with E-state index in [-0.39, 0.29) is 6.04 Å². The van der Waals surface area contributed by atoms with Gasteiger partial charge in [0.05, 0.1) is 6.61 Å². The van der Waals surface area contributed by atoms with Crippen molar-refractivity contribution in [3.05, 3.63) is 66.7 Å². The van der Waals surface area contributed by atoms with Gasteiger partial charge in [-0.25, -0.2) is 9.97 Å². The molecule has 0 bridgehead atoms. The van der Waals surface area contributed by atoms with E-state index < -0.39 is 0 Å². The zero-order valence-corrected chi connectivity index (χ0v) is 13.8. The molecule has 0 aliphatic carbocycles. The molecule has 2 aromatic heterocycles. The summed E-state index contributed by atoms with van der Waals surface area (Å²) >= 11 is 0. The number of hydrogen-bond acceptors (Lipinski definition) is 5. The van der Waals surface area contributed by atoms with E-state index in [9.17, 15) is 0 Å². The van der Waals surface area contributed by atoms with E-state index in [0.29, 0.717) is 12.5 Å². The molecule has 0 spiro atoms. The zero-order valence-electron chi connectivity index (χ0n) is 13.8. The first-order valence-electron chi connectivity index (χ1n) is 7.98. The van der Waals surface area contributed by atoms with E-state index in [0.717, 1.165) is 16.9 Å². The summed E-state index contributed by atoms with van der Waals surface area (Å²) in [4.78, 5) is 12.5.